The third kappa shape index (κ3) is 10.8. The lowest BCUT2D eigenvalue weighted by molar-refractivity contribution is -0.302. The van der Waals surface area contributed by atoms with Crippen LogP contribution in [0.25, 0.3) is 0 Å². The molecule has 12 heteroatoms. The van der Waals surface area contributed by atoms with E-state index in [2.05, 4.69) is 19.9 Å². The van der Waals surface area contributed by atoms with Crippen LogP contribution in [0, 0.1) is 35.5 Å². The Morgan fingerprint density at radius 2 is 1.59 bits per heavy atom. The fourth-order valence-electron chi connectivity index (χ4n) is 9.63. The quantitative estimate of drug-likeness (QED) is 0.192. The molecule has 0 aromatic heterocycles. The number of hydrogen-bond acceptors (Lipinski definition) is 11. The highest BCUT2D eigenvalue weighted by Gasteiger charge is 2.56. The topological polar surface area (TPSA) is 158 Å². The van der Waals surface area contributed by atoms with E-state index < -0.39 is 77.8 Å². The van der Waals surface area contributed by atoms with Crippen LogP contribution in [0.15, 0.2) is 23.3 Å². The Labute approximate surface area is 335 Å². The molecule has 2 N–H and O–H groups in total. The van der Waals surface area contributed by atoms with E-state index in [1.54, 1.807) is 35.2 Å². The number of carbonyl (C=O) groups excluding carboxylic acids is 4. The van der Waals surface area contributed by atoms with Crippen LogP contribution in [0.4, 0.5) is 0 Å². The van der Waals surface area contributed by atoms with Crippen molar-refractivity contribution in [2.75, 3.05) is 27.9 Å². The maximum atomic E-state index is 14.3. The van der Waals surface area contributed by atoms with Gasteiger partial charge in [-0.25, -0.2) is 4.79 Å². The number of fused-ring (bicyclic) bond motifs is 3. The summed E-state index contributed by atoms with van der Waals surface area (Å²) in [6.45, 7) is 13.6. The fourth-order valence-corrected chi connectivity index (χ4v) is 9.63. The van der Waals surface area contributed by atoms with Gasteiger partial charge in [0.25, 0.3) is 11.7 Å². The van der Waals surface area contributed by atoms with Gasteiger partial charge in [-0.3, -0.25) is 14.4 Å². The van der Waals surface area contributed by atoms with Gasteiger partial charge in [0.05, 0.1) is 24.4 Å². The summed E-state index contributed by atoms with van der Waals surface area (Å²) in [7, 11) is 4.81. The smallest absolute Gasteiger partial charge is 0.329 e. The highest BCUT2D eigenvalue weighted by molar-refractivity contribution is 6.39. The molecular formula is C44H71NO11. The lowest BCUT2D eigenvalue weighted by Gasteiger charge is -2.47. The first-order valence-corrected chi connectivity index (χ1v) is 21.1. The Hall–Kier alpha value is -2.48. The molecule has 3 aliphatic heterocycles. The lowest BCUT2D eigenvalue weighted by atomic mass is 9.79. The number of aliphatic hydroxyl groups is 2. The van der Waals surface area contributed by atoms with Gasteiger partial charge in [-0.1, -0.05) is 52.3 Å². The summed E-state index contributed by atoms with van der Waals surface area (Å²) in [5.74, 6) is -6.68. The maximum Gasteiger partial charge on any atom is 0.329 e. The molecule has 1 aliphatic carbocycles. The van der Waals surface area contributed by atoms with Gasteiger partial charge in [-0.05, 0) is 101 Å². The molecule has 12 nitrogen and oxygen atoms in total. The predicted molar refractivity (Wildman–Crippen MR) is 211 cm³/mol. The number of rotatable bonds is 6. The summed E-state index contributed by atoms with van der Waals surface area (Å²) in [5.41, 5.74) is 1.76. The number of ketones is 2. The number of methoxy groups -OCH3 is 3. The van der Waals surface area contributed by atoms with Gasteiger partial charge in [0, 0.05) is 52.0 Å². The number of carbonyl (C=O) groups is 4. The molecule has 1 unspecified atom stereocenters. The first kappa shape index (κ1) is 46.2. The Balaban J connectivity index is 1.76. The molecule has 1 saturated carbocycles. The maximum absolute atomic E-state index is 14.3. The van der Waals surface area contributed by atoms with Crippen molar-refractivity contribution in [1.82, 2.24) is 4.90 Å². The second-order valence-electron chi connectivity index (χ2n) is 17.6. The molecule has 1 amide bonds. The molecule has 0 aromatic rings. The molecule has 14 atom stereocenters. The average Bonchev–Trinajstić information content (AvgIpc) is 3.18. The zero-order valence-electron chi connectivity index (χ0n) is 35.7. The molecule has 3 heterocycles. The summed E-state index contributed by atoms with van der Waals surface area (Å²) in [4.78, 5) is 57.8. The Kier molecular flexibility index (Phi) is 16.9. The SMILES string of the molecule is CC[C@@H]1/C=C(\C)C[C@H](C)C[C@H](OC)[C@H]2O[C@@](O)(C(=O)C(=O)N3CCCC[C@H]3C(=O)O[C@H](/C(C)=C/C3CC[C@@H](C)[C@H](OC)C3)[C@@H](C)[C@@H](O)CC1=O)[C@H](C)C[C@@H]2OC. The van der Waals surface area contributed by atoms with Crippen molar-refractivity contribution >= 4 is 23.4 Å². The number of cyclic esters (lactones) is 1. The van der Waals surface area contributed by atoms with Crippen LogP contribution >= 0.6 is 0 Å². The van der Waals surface area contributed by atoms with Crippen LogP contribution in [0.5, 0.6) is 0 Å². The van der Waals surface area contributed by atoms with E-state index in [-0.39, 0.29) is 49.5 Å². The molecule has 56 heavy (non-hydrogen) atoms. The Morgan fingerprint density at radius 1 is 0.929 bits per heavy atom. The number of nitrogens with zero attached hydrogens (tertiary/aromatic N) is 1. The second-order valence-corrected chi connectivity index (χ2v) is 17.6. The van der Waals surface area contributed by atoms with E-state index in [1.807, 2.05) is 26.8 Å². The zero-order chi connectivity index (χ0) is 41.5. The summed E-state index contributed by atoms with van der Waals surface area (Å²) in [5, 5.41) is 23.7. The summed E-state index contributed by atoms with van der Waals surface area (Å²) < 4.78 is 30.1. The van der Waals surface area contributed by atoms with E-state index in [0.717, 1.165) is 30.4 Å². The molecule has 0 radical (unpaired) electrons. The van der Waals surface area contributed by atoms with Crippen molar-refractivity contribution in [1.29, 1.82) is 0 Å². The summed E-state index contributed by atoms with van der Waals surface area (Å²) in [6, 6.07) is -1.10. The predicted octanol–water partition coefficient (Wildman–Crippen LogP) is 5.75. The molecular weight excluding hydrogens is 718 g/mol. The van der Waals surface area contributed by atoms with Crippen molar-refractivity contribution in [2.24, 2.45) is 35.5 Å². The van der Waals surface area contributed by atoms with Crippen molar-refractivity contribution in [3.63, 3.8) is 0 Å². The summed E-state index contributed by atoms with van der Waals surface area (Å²) >= 11 is 0. The molecule has 318 valence electrons. The van der Waals surface area contributed by atoms with Gasteiger partial charge < -0.3 is 38.8 Å². The Morgan fingerprint density at radius 3 is 2.23 bits per heavy atom. The van der Waals surface area contributed by atoms with Crippen LogP contribution in [0.1, 0.15) is 119 Å². The largest absolute Gasteiger partial charge is 0.456 e. The minimum absolute atomic E-state index is 0.0498. The highest BCUT2D eigenvalue weighted by atomic mass is 16.7. The van der Waals surface area contributed by atoms with E-state index in [1.165, 1.54) is 4.90 Å². The van der Waals surface area contributed by atoms with E-state index in [4.69, 9.17) is 23.7 Å². The van der Waals surface area contributed by atoms with Crippen molar-refractivity contribution in [3.05, 3.63) is 23.3 Å². The van der Waals surface area contributed by atoms with E-state index in [9.17, 15) is 29.4 Å². The monoisotopic (exact) mass is 790 g/mol. The van der Waals surface area contributed by atoms with Crippen molar-refractivity contribution < 1.29 is 53.1 Å². The van der Waals surface area contributed by atoms with Crippen molar-refractivity contribution in [3.8, 4) is 0 Å². The van der Waals surface area contributed by atoms with Crippen LogP contribution < -0.4 is 0 Å². The number of esters is 1. The van der Waals surface area contributed by atoms with Crippen LogP contribution in [0.3, 0.4) is 0 Å². The van der Waals surface area contributed by atoms with Crippen LogP contribution in [-0.4, -0.2) is 115 Å². The highest BCUT2D eigenvalue weighted by Crippen LogP contribution is 2.39. The first-order valence-electron chi connectivity index (χ1n) is 21.1. The van der Waals surface area contributed by atoms with Gasteiger partial charge >= 0.3 is 5.97 Å². The zero-order valence-corrected chi connectivity index (χ0v) is 35.7. The molecule has 2 bridgehead atoms. The number of allylic oxidation sites excluding steroid dienone is 3. The normalized spacial score (nSPS) is 41.6. The minimum Gasteiger partial charge on any atom is -0.456 e. The number of ether oxygens (including phenoxy) is 5. The van der Waals surface area contributed by atoms with Crippen molar-refractivity contribution in [2.45, 2.75) is 168 Å². The molecule has 0 spiro atoms. The van der Waals surface area contributed by atoms with Crippen LogP contribution in [0.2, 0.25) is 0 Å². The van der Waals surface area contributed by atoms with Gasteiger partial charge in [0.2, 0.25) is 5.79 Å². The Bertz CT molecular complexity index is 1430. The van der Waals surface area contributed by atoms with Gasteiger partial charge in [0.1, 0.15) is 24.0 Å². The number of Topliss-reactive ketones (excluding diaryl/α,β-unsaturated/α-hetero) is 2. The number of piperidine rings is 1. The molecule has 4 rings (SSSR count). The van der Waals surface area contributed by atoms with Gasteiger partial charge in [-0.2, -0.15) is 0 Å². The number of amides is 1. The van der Waals surface area contributed by atoms with Crippen LogP contribution in [-0.2, 0) is 42.9 Å². The van der Waals surface area contributed by atoms with Gasteiger partial charge in [0.15, 0.2) is 0 Å². The first-order chi connectivity index (χ1) is 26.5. The number of aliphatic hydroxyl groups excluding tert-OH is 1. The average molecular weight is 790 g/mol. The molecule has 2 saturated heterocycles. The van der Waals surface area contributed by atoms with E-state index in [0.29, 0.717) is 38.0 Å². The minimum atomic E-state index is -2.48. The molecule has 4 aliphatic rings. The standard InChI is InChI=1S/C44H71NO11/c1-11-32-19-25(2)18-26(3)20-37(53-9)40-38(54-10)22-29(6)44(51,56-40)41(48)42(49)45-17-13-12-14-33(45)43(50)55-39(30(7)34(46)24-35(32)47)28(5)21-31-16-15-27(4)36(23-31)52-8/h19,21,26-27,29-34,36-40,46,51H,11-18,20,22-24H2,1-10H3/b25-19+,28-21+/t26-,27+,29+,30-,31?,32+,33-,34-,36+,37-,38-,39+,40+,44+/m0/s1. The third-order valence-corrected chi connectivity index (χ3v) is 13.3. The fraction of sp³-hybridized carbons (Fsp3) is 0.818. The van der Waals surface area contributed by atoms with E-state index >= 15 is 0 Å². The number of hydrogen-bond donors (Lipinski definition) is 2. The molecule has 3 fully saturated rings. The molecule has 0 aromatic carbocycles. The second kappa shape index (κ2) is 20.5. The summed E-state index contributed by atoms with van der Waals surface area (Å²) in [6.07, 6.45) is 6.13. The lowest BCUT2D eigenvalue weighted by Crippen LogP contribution is -2.64. The third-order valence-electron chi connectivity index (χ3n) is 13.3. The van der Waals surface area contributed by atoms with Gasteiger partial charge in [-0.15, -0.1) is 0 Å².